The number of hydrogen-bond donors (Lipinski definition) is 2. The number of aryl methyl sites for hydroxylation is 1. The van der Waals surface area contributed by atoms with Gasteiger partial charge in [-0.25, -0.2) is 0 Å². The molecule has 0 unspecified atom stereocenters. The molecule has 20 heavy (non-hydrogen) atoms. The molecule has 2 rings (SSSR count). The SMILES string of the molecule is CC(=O)c1c(C)[nH]c(C(=O)NC2CCC(C)CC2)c1C. The smallest absolute Gasteiger partial charge is 0.268 e. The molecule has 0 radical (unpaired) electrons. The van der Waals surface area contributed by atoms with E-state index in [1.807, 2.05) is 13.8 Å². The molecule has 1 fully saturated rings. The van der Waals surface area contributed by atoms with E-state index in [1.54, 1.807) is 0 Å². The molecule has 1 aliphatic rings. The van der Waals surface area contributed by atoms with Crippen LogP contribution in [0.4, 0.5) is 0 Å². The minimum atomic E-state index is -0.0855. The largest absolute Gasteiger partial charge is 0.354 e. The Hall–Kier alpha value is -1.58. The summed E-state index contributed by atoms with van der Waals surface area (Å²) in [7, 11) is 0. The maximum Gasteiger partial charge on any atom is 0.268 e. The van der Waals surface area contributed by atoms with Gasteiger partial charge in [-0.3, -0.25) is 9.59 Å². The van der Waals surface area contributed by atoms with Gasteiger partial charge in [0.1, 0.15) is 5.69 Å². The first-order valence-electron chi connectivity index (χ1n) is 7.41. The molecule has 0 saturated heterocycles. The zero-order valence-electron chi connectivity index (χ0n) is 12.8. The van der Waals surface area contributed by atoms with Crippen molar-refractivity contribution < 1.29 is 9.59 Å². The maximum absolute atomic E-state index is 12.3. The summed E-state index contributed by atoms with van der Waals surface area (Å²) >= 11 is 0. The Labute approximate surface area is 120 Å². The van der Waals surface area contributed by atoms with Crippen molar-refractivity contribution in [3.63, 3.8) is 0 Å². The summed E-state index contributed by atoms with van der Waals surface area (Å²) < 4.78 is 0. The van der Waals surface area contributed by atoms with Crippen LogP contribution in [-0.4, -0.2) is 22.7 Å². The topological polar surface area (TPSA) is 62.0 Å². The second-order valence-corrected chi connectivity index (χ2v) is 6.11. The Balaban J connectivity index is 2.10. The molecule has 0 atom stereocenters. The first-order valence-corrected chi connectivity index (χ1v) is 7.41. The third-order valence-electron chi connectivity index (χ3n) is 4.37. The van der Waals surface area contributed by atoms with Crippen LogP contribution in [0.25, 0.3) is 0 Å². The van der Waals surface area contributed by atoms with Crippen LogP contribution in [0.2, 0.25) is 0 Å². The van der Waals surface area contributed by atoms with Crippen LogP contribution in [-0.2, 0) is 0 Å². The monoisotopic (exact) mass is 276 g/mol. The highest BCUT2D eigenvalue weighted by Gasteiger charge is 2.24. The lowest BCUT2D eigenvalue weighted by Crippen LogP contribution is -2.37. The van der Waals surface area contributed by atoms with Gasteiger partial charge in [0, 0.05) is 17.3 Å². The third kappa shape index (κ3) is 2.94. The Kier molecular flexibility index (Phi) is 4.31. The van der Waals surface area contributed by atoms with E-state index < -0.39 is 0 Å². The molecule has 4 nitrogen and oxygen atoms in total. The first-order chi connectivity index (χ1) is 9.40. The van der Waals surface area contributed by atoms with E-state index in [0.29, 0.717) is 11.3 Å². The lowest BCUT2D eigenvalue weighted by atomic mass is 9.87. The molecule has 1 aromatic rings. The predicted molar refractivity (Wildman–Crippen MR) is 79.2 cm³/mol. The second kappa shape index (κ2) is 5.81. The molecular formula is C16H24N2O2. The number of amides is 1. The number of carbonyl (C=O) groups excluding carboxylic acids is 2. The average molecular weight is 276 g/mol. The fourth-order valence-electron chi connectivity index (χ4n) is 3.17. The highest BCUT2D eigenvalue weighted by atomic mass is 16.2. The van der Waals surface area contributed by atoms with Crippen molar-refractivity contribution in [1.29, 1.82) is 0 Å². The van der Waals surface area contributed by atoms with Gasteiger partial charge in [-0.15, -0.1) is 0 Å². The van der Waals surface area contributed by atoms with Gasteiger partial charge in [0.25, 0.3) is 5.91 Å². The fraction of sp³-hybridized carbons (Fsp3) is 0.625. The molecule has 4 heteroatoms. The molecule has 1 heterocycles. The van der Waals surface area contributed by atoms with Gasteiger partial charge in [0.15, 0.2) is 5.78 Å². The molecule has 1 saturated carbocycles. The zero-order valence-corrected chi connectivity index (χ0v) is 12.8. The van der Waals surface area contributed by atoms with Crippen molar-refractivity contribution in [3.8, 4) is 0 Å². The van der Waals surface area contributed by atoms with Gasteiger partial charge in [-0.1, -0.05) is 6.92 Å². The lowest BCUT2D eigenvalue weighted by Gasteiger charge is -2.26. The standard InChI is InChI=1S/C16H24N2O2/c1-9-5-7-13(8-6-9)18-16(20)15-10(2)14(12(4)19)11(3)17-15/h9,13,17H,5-8H2,1-4H3,(H,18,20). The number of H-pyrrole nitrogens is 1. The van der Waals surface area contributed by atoms with Crippen molar-refractivity contribution in [2.75, 3.05) is 0 Å². The van der Waals surface area contributed by atoms with Gasteiger partial charge >= 0.3 is 0 Å². The van der Waals surface area contributed by atoms with Crippen LogP contribution in [0.3, 0.4) is 0 Å². The van der Waals surface area contributed by atoms with Crippen molar-refractivity contribution in [3.05, 3.63) is 22.5 Å². The predicted octanol–water partition coefficient (Wildman–Crippen LogP) is 3.14. The number of aromatic nitrogens is 1. The quantitative estimate of drug-likeness (QED) is 0.833. The van der Waals surface area contributed by atoms with Crippen LogP contribution in [0.1, 0.15) is 71.6 Å². The summed E-state index contributed by atoms with van der Waals surface area (Å²) in [5, 5.41) is 3.09. The summed E-state index contributed by atoms with van der Waals surface area (Å²) in [5.74, 6) is 0.682. The van der Waals surface area contributed by atoms with Gasteiger partial charge in [0.05, 0.1) is 0 Å². The molecule has 110 valence electrons. The van der Waals surface area contributed by atoms with Crippen LogP contribution in [0.15, 0.2) is 0 Å². The maximum atomic E-state index is 12.3. The Morgan fingerprint density at radius 2 is 1.75 bits per heavy atom. The Morgan fingerprint density at radius 3 is 2.25 bits per heavy atom. The number of ketones is 1. The van der Waals surface area contributed by atoms with Crippen molar-refractivity contribution in [2.45, 2.75) is 59.4 Å². The first kappa shape index (κ1) is 14.8. The molecule has 2 N–H and O–H groups in total. The highest BCUT2D eigenvalue weighted by molar-refractivity contribution is 6.02. The van der Waals surface area contributed by atoms with E-state index in [0.717, 1.165) is 30.0 Å². The fourth-order valence-corrected chi connectivity index (χ4v) is 3.17. The van der Waals surface area contributed by atoms with Gasteiger partial charge in [0.2, 0.25) is 0 Å². The summed E-state index contributed by atoms with van der Waals surface area (Å²) in [6.07, 6.45) is 4.44. The second-order valence-electron chi connectivity index (χ2n) is 6.11. The van der Waals surface area contributed by atoms with Crippen LogP contribution < -0.4 is 5.32 Å². The normalized spacial score (nSPS) is 22.6. The number of Topliss-reactive ketones (excluding diaryl/α,β-unsaturated/α-hetero) is 1. The Bertz CT molecular complexity index is 523. The highest BCUT2D eigenvalue weighted by Crippen LogP contribution is 2.24. The van der Waals surface area contributed by atoms with E-state index in [1.165, 1.54) is 19.8 Å². The number of hydrogen-bond acceptors (Lipinski definition) is 2. The Morgan fingerprint density at radius 1 is 1.15 bits per heavy atom. The molecule has 1 amide bonds. The molecular weight excluding hydrogens is 252 g/mol. The molecule has 1 aliphatic carbocycles. The van der Waals surface area contributed by atoms with E-state index >= 15 is 0 Å². The molecule has 0 spiro atoms. The minimum absolute atomic E-state index is 0.00166. The minimum Gasteiger partial charge on any atom is -0.354 e. The van der Waals surface area contributed by atoms with Crippen molar-refractivity contribution >= 4 is 11.7 Å². The lowest BCUT2D eigenvalue weighted by molar-refractivity contribution is 0.0917. The summed E-state index contributed by atoms with van der Waals surface area (Å²) in [5.41, 5.74) is 2.72. The summed E-state index contributed by atoms with van der Waals surface area (Å²) in [6.45, 7) is 7.46. The zero-order chi connectivity index (χ0) is 14.9. The van der Waals surface area contributed by atoms with Crippen LogP contribution in [0, 0.1) is 19.8 Å². The molecule has 0 aliphatic heterocycles. The van der Waals surface area contributed by atoms with Gasteiger partial charge in [-0.2, -0.15) is 0 Å². The van der Waals surface area contributed by atoms with Crippen molar-refractivity contribution in [2.24, 2.45) is 5.92 Å². The molecule has 0 bridgehead atoms. The van der Waals surface area contributed by atoms with Crippen molar-refractivity contribution in [1.82, 2.24) is 10.3 Å². The van der Waals surface area contributed by atoms with E-state index in [4.69, 9.17) is 0 Å². The average Bonchev–Trinajstić information content (AvgIpc) is 2.67. The summed E-state index contributed by atoms with van der Waals surface area (Å²) in [4.78, 5) is 27.0. The summed E-state index contributed by atoms with van der Waals surface area (Å²) in [6, 6.07) is 0.266. The molecule has 0 aromatic carbocycles. The van der Waals surface area contributed by atoms with E-state index in [2.05, 4.69) is 17.2 Å². The molecule has 1 aromatic heterocycles. The third-order valence-corrected chi connectivity index (χ3v) is 4.37. The number of rotatable bonds is 3. The van der Waals surface area contributed by atoms with E-state index in [-0.39, 0.29) is 17.7 Å². The van der Waals surface area contributed by atoms with Crippen LogP contribution >= 0.6 is 0 Å². The van der Waals surface area contributed by atoms with E-state index in [9.17, 15) is 9.59 Å². The number of aromatic amines is 1. The number of nitrogens with one attached hydrogen (secondary N) is 2. The van der Waals surface area contributed by atoms with Crippen LogP contribution in [0.5, 0.6) is 0 Å². The van der Waals surface area contributed by atoms with Gasteiger partial charge in [-0.05, 0) is 57.9 Å². The van der Waals surface area contributed by atoms with Gasteiger partial charge < -0.3 is 10.3 Å². The number of carbonyl (C=O) groups is 2.